The van der Waals surface area contributed by atoms with E-state index in [1.165, 1.54) is 0 Å². The molecule has 0 spiro atoms. The van der Waals surface area contributed by atoms with Crippen LogP contribution in [0.25, 0.3) is 10.9 Å². The van der Waals surface area contributed by atoms with Crippen molar-refractivity contribution in [2.24, 2.45) is 4.99 Å². The Morgan fingerprint density at radius 2 is 2.09 bits per heavy atom. The predicted octanol–water partition coefficient (Wildman–Crippen LogP) is 4.20. The molecule has 0 aliphatic carbocycles. The molecule has 5 heteroatoms. The SMILES string of the molecule is COc1ccccc1CCN=Cc1c(O)[nH]c2cc(Cl)ccc12. The maximum Gasteiger partial charge on any atom is 0.198 e. The molecule has 2 aromatic carbocycles. The van der Waals surface area contributed by atoms with E-state index in [0.29, 0.717) is 17.1 Å². The van der Waals surface area contributed by atoms with Crippen LogP contribution in [0, 0.1) is 0 Å². The second-order valence-corrected chi connectivity index (χ2v) is 5.61. The molecule has 2 N–H and O–H groups in total. The zero-order chi connectivity index (χ0) is 16.2. The number of hydrogen-bond acceptors (Lipinski definition) is 3. The summed E-state index contributed by atoms with van der Waals surface area (Å²) in [5.74, 6) is 0.968. The van der Waals surface area contributed by atoms with E-state index in [0.717, 1.165) is 28.6 Å². The van der Waals surface area contributed by atoms with E-state index in [2.05, 4.69) is 9.98 Å². The van der Waals surface area contributed by atoms with E-state index in [4.69, 9.17) is 16.3 Å². The minimum atomic E-state index is 0.100. The number of aromatic nitrogens is 1. The second kappa shape index (κ2) is 6.75. The molecule has 118 valence electrons. The van der Waals surface area contributed by atoms with Gasteiger partial charge in [0.25, 0.3) is 0 Å². The third-order valence-corrected chi connectivity index (χ3v) is 3.94. The zero-order valence-electron chi connectivity index (χ0n) is 12.7. The summed E-state index contributed by atoms with van der Waals surface area (Å²) in [5, 5.41) is 11.5. The lowest BCUT2D eigenvalue weighted by Crippen LogP contribution is -1.95. The van der Waals surface area contributed by atoms with Gasteiger partial charge in [-0.05, 0) is 30.2 Å². The van der Waals surface area contributed by atoms with Gasteiger partial charge in [0.1, 0.15) is 5.75 Å². The summed E-state index contributed by atoms with van der Waals surface area (Å²) in [7, 11) is 1.66. The Kier molecular flexibility index (Phi) is 4.53. The fraction of sp³-hybridized carbons (Fsp3) is 0.167. The number of halogens is 1. The molecule has 3 rings (SSSR count). The number of nitrogens with zero attached hydrogens (tertiary/aromatic N) is 1. The number of nitrogens with one attached hydrogen (secondary N) is 1. The van der Waals surface area contributed by atoms with Gasteiger partial charge in [0.05, 0.1) is 18.2 Å². The van der Waals surface area contributed by atoms with Gasteiger partial charge in [-0.25, -0.2) is 0 Å². The van der Waals surface area contributed by atoms with Crippen LogP contribution < -0.4 is 4.74 Å². The van der Waals surface area contributed by atoms with Gasteiger partial charge in [0.15, 0.2) is 5.88 Å². The molecule has 0 fully saturated rings. The summed E-state index contributed by atoms with van der Waals surface area (Å²) >= 11 is 5.96. The highest BCUT2D eigenvalue weighted by molar-refractivity contribution is 6.31. The van der Waals surface area contributed by atoms with Crippen molar-refractivity contribution in [1.29, 1.82) is 0 Å². The first-order valence-corrected chi connectivity index (χ1v) is 7.68. The third-order valence-electron chi connectivity index (χ3n) is 3.70. The van der Waals surface area contributed by atoms with Crippen molar-refractivity contribution in [3.63, 3.8) is 0 Å². The maximum absolute atomic E-state index is 10.0. The van der Waals surface area contributed by atoms with Crippen LogP contribution in [0.2, 0.25) is 5.02 Å². The number of aromatic hydroxyl groups is 1. The molecular weight excluding hydrogens is 312 g/mol. The summed E-state index contributed by atoms with van der Waals surface area (Å²) in [5.41, 5.74) is 2.58. The summed E-state index contributed by atoms with van der Waals surface area (Å²) in [6.45, 7) is 0.611. The smallest absolute Gasteiger partial charge is 0.198 e. The number of rotatable bonds is 5. The Bertz CT molecular complexity index is 855. The van der Waals surface area contributed by atoms with Crippen LogP contribution in [-0.4, -0.2) is 30.0 Å². The van der Waals surface area contributed by atoms with Gasteiger partial charge >= 0.3 is 0 Å². The lowest BCUT2D eigenvalue weighted by molar-refractivity contribution is 0.410. The molecule has 1 aromatic heterocycles. The van der Waals surface area contributed by atoms with Crippen LogP contribution >= 0.6 is 11.6 Å². The highest BCUT2D eigenvalue weighted by Crippen LogP contribution is 2.27. The van der Waals surface area contributed by atoms with Crippen molar-refractivity contribution in [3.05, 3.63) is 58.6 Å². The molecule has 0 atom stereocenters. The predicted molar refractivity (Wildman–Crippen MR) is 94.1 cm³/mol. The second-order valence-electron chi connectivity index (χ2n) is 5.17. The lowest BCUT2D eigenvalue weighted by Gasteiger charge is -2.05. The van der Waals surface area contributed by atoms with Gasteiger partial charge in [0.2, 0.25) is 0 Å². The Morgan fingerprint density at radius 3 is 2.91 bits per heavy atom. The highest BCUT2D eigenvalue weighted by atomic mass is 35.5. The third kappa shape index (κ3) is 3.32. The standard InChI is InChI=1S/C18H17ClN2O2/c1-23-17-5-3-2-4-12(17)8-9-20-11-15-14-7-6-13(19)10-16(14)21-18(15)22/h2-7,10-11,21-22H,8-9H2,1H3. The normalized spacial score (nSPS) is 11.4. The van der Waals surface area contributed by atoms with E-state index in [1.807, 2.05) is 30.3 Å². The van der Waals surface area contributed by atoms with Gasteiger partial charge in [-0.15, -0.1) is 0 Å². The average molecular weight is 329 g/mol. The first-order valence-electron chi connectivity index (χ1n) is 7.31. The van der Waals surface area contributed by atoms with Gasteiger partial charge < -0.3 is 14.8 Å². The van der Waals surface area contributed by atoms with Gasteiger partial charge in [-0.1, -0.05) is 35.9 Å². The van der Waals surface area contributed by atoms with Crippen LogP contribution in [0.5, 0.6) is 11.6 Å². The van der Waals surface area contributed by atoms with Crippen LogP contribution in [0.3, 0.4) is 0 Å². The largest absolute Gasteiger partial charge is 0.496 e. The maximum atomic E-state index is 10.0. The first kappa shape index (κ1) is 15.4. The summed E-state index contributed by atoms with van der Waals surface area (Å²) in [4.78, 5) is 7.33. The summed E-state index contributed by atoms with van der Waals surface area (Å²) < 4.78 is 5.33. The van der Waals surface area contributed by atoms with Crippen molar-refractivity contribution < 1.29 is 9.84 Å². The van der Waals surface area contributed by atoms with Crippen LogP contribution in [0.1, 0.15) is 11.1 Å². The molecule has 0 aliphatic heterocycles. The van der Waals surface area contributed by atoms with E-state index in [-0.39, 0.29) is 5.88 Å². The molecule has 3 aromatic rings. The molecule has 4 nitrogen and oxygen atoms in total. The first-order chi connectivity index (χ1) is 11.2. The summed E-state index contributed by atoms with van der Waals surface area (Å²) in [6, 6.07) is 13.3. The monoisotopic (exact) mass is 328 g/mol. The number of benzene rings is 2. The quantitative estimate of drug-likeness (QED) is 0.690. The molecule has 1 heterocycles. The van der Waals surface area contributed by atoms with E-state index < -0.39 is 0 Å². The van der Waals surface area contributed by atoms with Gasteiger partial charge in [-0.3, -0.25) is 4.99 Å². The van der Waals surface area contributed by atoms with Crippen molar-refractivity contribution in [3.8, 4) is 11.6 Å². The van der Waals surface area contributed by atoms with Crippen molar-refractivity contribution in [2.75, 3.05) is 13.7 Å². The number of fused-ring (bicyclic) bond motifs is 1. The molecule has 0 saturated heterocycles. The van der Waals surface area contributed by atoms with Crippen molar-refractivity contribution >= 4 is 28.7 Å². The molecule has 0 bridgehead atoms. The number of methoxy groups -OCH3 is 1. The van der Waals surface area contributed by atoms with E-state index >= 15 is 0 Å². The minimum absolute atomic E-state index is 0.100. The highest BCUT2D eigenvalue weighted by Gasteiger charge is 2.08. The fourth-order valence-corrected chi connectivity index (χ4v) is 2.73. The fourth-order valence-electron chi connectivity index (χ4n) is 2.56. The Morgan fingerprint density at radius 1 is 1.26 bits per heavy atom. The number of hydrogen-bond donors (Lipinski definition) is 2. The van der Waals surface area contributed by atoms with Crippen molar-refractivity contribution in [2.45, 2.75) is 6.42 Å². The van der Waals surface area contributed by atoms with E-state index in [1.54, 1.807) is 25.5 Å². The minimum Gasteiger partial charge on any atom is -0.496 e. The van der Waals surface area contributed by atoms with Gasteiger partial charge in [-0.2, -0.15) is 0 Å². The molecule has 0 amide bonds. The Balaban J connectivity index is 1.75. The van der Waals surface area contributed by atoms with Crippen molar-refractivity contribution in [1.82, 2.24) is 4.98 Å². The number of aromatic amines is 1. The molecule has 23 heavy (non-hydrogen) atoms. The molecule has 0 radical (unpaired) electrons. The molecular formula is C18H17ClN2O2. The Labute approximate surface area is 139 Å². The topological polar surface area (TPSA) is 57.6 Å². The number of H-pyrrole nitrogens is 1. The van der Waals surface area contributed by atoms with Crippen LogP contribution in [0.4, 0.5) is 0 Å². The number of aliphatic imine (C=N–C) groups is 1. The Hall–Kier alpha value is -2.46. The zero-order valence-corrected chi connectivity index (χ0v) is 13.5. The van der Waals surface area contributed by atoms with Gasteiger partial charge in [0, 0.05) is 23.2 Å². The lowest BCUT2D eigenvalue weighted by atomic mass is 10.1. The number of ether oxygens (including phenoxy) is 1. The molecule has 0 unspecified atom stereocenters. The van der Waals surface area contributed by atoms with Crippen LogP contribution in [0.15, 0.2) is 47.5 Å². The average Bonchev–Trinajstić information content (AvgIpc) is 2.86. The van der Waals surface area contributed by atoms with Crippen LogP contribution in [-0.2, 0) is 6.42 Å². The summed E-state index contributed by atoms with van der Waals surface area (Å²) in [6.07, 6.45) is 2.47. The molecule has 0 saturated carbocycles. The number of para-hydroxylation sites is 1. The molecule has 0 aliphatic rings. The van der Waals surface area contributed by atoms with E-state index in [9.17, 15) is 5.11 Å².